The maximum Gasteiger partial charge on any atom is 0.142 e. The van der Waals surface area contributed by atoms with Crippen LogP contribution in [-0.2, 0) is 0 Å². The normalized spacial score (nSPS) is 20.7. The molecule has 0 aromatic heterocycles. The van der Waals surface area contributed by atoms with Gasteiger partial charge in [-0.05, 0) is 31.0 Å². The van der Waals surface area contributed by atoms with E-state index in [0.29, 0.717) is 6.04 Å². The summed E-state index contributed by atoms with van der Waals surface area (Å²) in [5.41, 5.74) is 8.29. The Morgan fingerprint density at radius 3 is 2.87 bits per heavy atom. The zero-order valence-electron chi connectivity index (χ0n) is 9.36. The number of hydrogen-bond acceptors (Lipinski definition) is 3. The van der Waals surface area contributed by atoms with Gasteiger partial charge >= 0.3 is 0 Å². The highest BCUT2D eigenvalue weighted by molar-refractivity contribution is 5.60. The van der Waals surface area contributed by atoms with Crippen LogP contribution in [0.5, 0.6) is 5.75 Å². The third kappa shape index (κ3) is 2.07. The number of benzene rings is 1. The Kier molecular flexibility index (Phi) is 2.82. The molecule has 1 aliphatic rings. The maximum atomic E-state index is 5.90. The van der Waals surface area contributed by atoms with Crippen molar-refractivity contribution in [3.05, 3.63) is 23.8 Å². The molecule has 1 aromatic rings. The van der Waals surface area contributed by atoms with Crippen molar-refractivity contribution in [3.63, 3.8) is 0 Å². The first kappa shape index (κ1) is 10.3. The molecular weight excluding hydrogens is 188 g/mol. The van der Waals surface area contributed by atoms with Crippen LogP contribution in [0.15, 0.2) is 18.2 Å². The number of nitrogens with two attached hydrogens (primary N) is 1. The van der Waals surface area contributed by atoms with E-state index >= 15 is 0 Å². The van der Waals surface area contributed by atoms with Crippen LogP contribution in [0, 0.1) is 6.92 Å². The first-order valence-corrected chi connectivity index (χ1v) is 5.36. The summed E-state index contributed by atoms with van der Waals surface area (Å²) in [4.78, 5) is 2.29. The van der Waals surface area contributed by atoms with Crippen molar-refractivity contribution in [2.45, 2.75) is 19.4 Å². The lowest BCUT2D eigenvalue weighted by atomic mass is 10.2. The van der Waals surface area contributed by atoms with Gasteiger partial charge < -0.3 is 15.4 Å². The summed E-state index contributed by atoms with van der Waals surface area (Å²) in [5.74, 6) is 0.948. The zero-order valence-corrected chi connectivity index (χ0v) is 9.36. The Bertz CT molecular complexity index is 351. The van der Waals surface area contributed by atoms with Crippen molar-refractivity contribution < 1.29 is 4.74 Å². The third-order valence-corrected chi connectivity index (χ3v) is 2.90. The molecule has 82 valence electrons. The molecule has 0 spiro atoms. The number of methoxy groups -OCH3 is 1. The molecule has 1 fully saturated rings. The average Bonchev–Trinajstić information content (AvgIpc) is 2.64. The third-order valence-electron chi connectivity index (χ3n) is 2.90. The summed E-state index contributed by atoms with van der Waals surface area (Å²) in [5, 5.41) is 0. The van der Waals surface area contributed by atoms with Crippen molar-refractivity contribution in [2.24, 2.45) is 5.73 Å². The predicted molar refractivity (Wildman–Crippen MR) is 62.5 cm³/mol. The highest BCUT2D eigenvalue weighted by Gasteiger charge is 2.21. The second-order valence-electron chi connectivity index (χ2n) is 4.17. The van der Waals surface area contributed by atoms with Crippen LogP contribution in [0.2, 0.25) is 0 Å². The van der Waals surface area contributed by atoms with Crippen molar-refractivity contribution in [2.75, 3.05) is 25.1 Å². The van der Waals surface area contributed by atoms with Crippen molar-refractivity contribution in [3.8, 4) is 5.75 Å². The molecule has 1 aliphatic heterocycles. The molecule has 0 radical (unpaired) electrons. The molecule has 0 aliphatic carbocycles. The standard InChI is InChI=1S/C12H18N2O/c1-9-3-4-11(12(7-9)15-2)14-6-5-10(13)8-14/h3-4,7,10H,5-6,8,13H2,1-2H3. The van der Waals surface area contributed by atoms with Crippen LogP contribution in [0.3, 0.4) is 0 Å². The number of anilines is 1. The Labute approximate surface area is 90.8 Å². The number of nitrogens with zero attached hydrogens (tertiary/aromatic N) is 1. The lowest BCUT2D eigenvalue weighted by Crippen LogP contribution is -2.26. The van der Waals surface area contributed by atoms with Gasteiger partial charge in [0.2, 0.25) is 0 Å². The molecular formula is C12H18N2O. The van der Waals surface area contributed by atoms with E-state index < -0.39 is 0 Å². The van der Waals surface area contributed by atoms with Gasteiger partial charge in [0.1, 0.15) is 5.75 Å². The minimum Gasteiger partial charge on any atom is -0.495 e. The molecule has 1 atom stereocenters. The van der Waals surface area contributed by atoms with E-state index in [2.05, 4.69) is 30.0 Å². The summed E-state index contributed by atoms with van der Waals surface area (Å²) in [6, 6.07) is 6.60. The van der Waals surface area contributed by atoms with Crippen molar-refractivity contribution >= 4 is 5.69 Å². The van der Waals surface area contributed by atoms with Crippen LogP contribution < -0.4 is 15.4 Å². The van der Waals surface area contributed by atoms with Gasteiger partial charge in [-0.15, -0.1) is 0 Å². The van der Waals surface area contributed by atoms with Gasteiger partial charge in [-0.2, -0.15) is 0 Å². The van der Waals surface area contributed by atoms with Crippen LogP contribution in [0.25, 0.3) is 0 Å². The molecule has 1 unspecified atom stereocenters. The van der Waals surface area contributed by atoms with Crippen LogP contribution >= 0.6 is 0 Å². The Morgan fingerprint density at radius 2 is 2.27 bits per heavy atom. The molecule has 0 bridgehead atoms. The van der Waals surface area contributed by atoms with E-state index in [-0.39, 0.29) is 0 Å². The number of aryl methyl sites for hydroxylation is 1. The summed E-state index contributed by atoms with van der Waals surface area (Å²) in [6.45, 7) is 4.03. The van der Waals surface area contributed by atoms with Gasteiger partial charge in [-0.25, -0.2) is 0 Å². The summed E-state index contributed by atoms with van der Waals surface area (Å²) in [7, 11) is 1.72. The van der Waals surface area contributed by atoms with Gasteiger partial charge in [0.05, 0.1) is 12.8 Å². The number of rotatable bonds is 2. The van der Waals surface area contributed by atoms with E-state index in [0.717, 1.165) is 30.9 Å². The Morgan fingerprint density at radius 1 is 1.47 bits per heavy atom. The Balaban J connectivity index is 2.27. The number of ether oxygens (including phenoxy) is 1. The molecule has 1 saturated heterocycles. The van der Waals surface area contributed by atoms with E-state index in [1.807, 2.05) is 0 Å². The monoisotopic (exact) mass is 206 g/mol. The summed E-state index contributed by atoms with van der Waals surface area (Å²) >= 11 is 0. The SMILES string of the molecule is COc1cc(C)ccc1N1CCC(N)C1. The number of hydrogen-bond donors (Lipinski definition) is 1. The quantitative estimate of drug-likeness (QED) is 0.797. The predicted octanol–water partition coefficient (Wildman–Crippen LogP) is 1.54. The lowest BCUT2D eigenvalue weighted by molar-refractivity contribution is 0.414. The van der Waals surface area contributed by atoms with Crippen molar-refractivity contribution in [1.29, 1.82) is 0 Å². The minimum atomic E-state index is 0.302. The molecule has 1 heterocycles. The Hall–Kier alpha value is -1.22. The molecule has 2 rings (SSSR count). The smallest absolute Gasteiger partial charge is 0.142 e. The molecule has 0 amide bonds. The van der Waals surface area contributed by atoms with Gasteiger partial charge in [0.15, 0.2) is 0 Å². The maximum absolute atomic E-state index is 5.90. The largest absolute Gasteiger partial charge is 0.495 e. The second kappa shape index (κ2) is 4.11. The molecule has 3 nitrogen and oxygen atoms in total. The highest BCUT2D eigenvalue weighted by Crippen LogP contribution is 2.31. The topological polar surface area (TPSA) is 38.5 Å². The fraction of sp³-hybridized carbons (Fsp3) is 0.500. The van der Waals surface area contributed by atoms with E-state index in [1.54, 1.807) is 7.11 Å². The fourth-order valence-corrected chi connectivity index (χ4v) is 2.05. The van der Waals surface area contributed by atoms with E-state index in [1.165, 1.54) is 5.56 Å². The molecule has 2 N–H and O–H groups in total. The minimum absolute atomic E-state index is 0.302. The van der Waals surface area contributed by atoms with Crippen LogP contribution in [0.4, 0.5) is 5.69 Å². The first-order valence-electron chi connectivity index (χ1n) is 5.36. The molecule has 3 heteroatoms. The lowest BCUT2D eigenvalue weighted by Gasteiger charge is -2.21. The second-order valence-corrected chi connectivity index (χ2v) is 4.17. The molecule has 15 heavy (non-hydrogen) atoms. The zero-order chi connectivity index (χ0) is 10.8. The average molecular weight is 206 g/mol. The van der Waals surface area contributed by atoms with Crippen LogP contribution in [-0.4, -0.2) is 26.2 Å². The van der Waals surface area contributed by atoms with Crippen LogP contribution in [0.1, 0.15) is 12.0 Å². The van der Waals surface area contributed by atoms with E-state index in [4.69, 9.17) is 10.5 Å². The van der Waals surface area contributed by atoms with Gasteiger partial charge in [-0.1, -0.05) is 6.07 Å². The summed E-state index contributed by atoms with van der Waals surface area (Å²) < 4.78 is 5.39. The summed E-state index contributed by atoms with van der Waals surface area (Å²) in [6.07, 6.45) is 1.07. The molecule has 0 saturated carbocycles. The first-order chi connectivity index (χ1) is 7.20. The highest BCUT2D eigenvalue weighted by atomic mass is 16.5. The van der Waals surface area contributed by atoms with Gasteiger partial charge in [-0.3, -0.25) is 0 Å². The van der Waals surface area contributed by atoms with Crippen molar-refractivity contribution in [1.82, 2.24) is 0 Å². The van der Waals surface area contributed by atoms with Gasteiger partial charge in [0, 0.05) is 19.1 Å². The van der Waals surface area contributed by atoms with Gasteiger partial charge in [0.25, 0.3) is 0 Å². The molecule has 1 aromatic carbocycles. The fourth-order valence-electron chi connectivity index (χ4n) is 2.05. The van der Waals surface area contributed by atoms with E-state index in [9.17, 15) is 0 Å².